The van der Waals surface area contributed by atoms with Crippen molar-refractivity contribution in [2.24, 2.45) is 0 Å². The Morgan fingerprint density at radius 3 is 2.25 bits per heavy atom. The third-order valence-electron chi connectivity index (χ3n) is 4.94. The van der Waals surface area contributed by atoms with Crippen molar-refractivity contribution in [2.45, 2.75) is 24.3 Å². The molecule has 4 rings (SSSR count). The Morgan fingerprint density at radius 1 is 0.929 bits per heavy atom. The molecule has 4 nitrogen and oxygen atoms in total. The van der Waals surface area contributed by atoms with Gasteiger partial charge in [0.05, 0.1) is 16.6 Å². The van der Waals surface area contributed by atoms with Crippen molar-refractivity contribution < 1.29 is 13.2 Å². The van der Waals surface area contributed by atoms with Crippen molar-refractivity contribution in [3.63, 3.8) is 0 Å². The first kappa shape index (κ1) is 18.9. The van der Waals surface area contributed by atoms with Gasteiger partial charge in [-0.25, -0.2) is 8.42 Å². The van der Waals surface area contributed by atoms with Crippen molar-refractivity contribution in [3.05, 3.63) is 94.0 Å². The molecule has 28 heavy (non-hydrogen) atoms. The van der Waals surface area contributed by atoms with Gasteiger partial charge >= 0.3 is 0 Å². The molecule has 0 N–H and O–H groups in total. The van der Waals surface area contributed by atoms with Crippen LogP contribution < -0.4 is 4.31 Å². The van der Waals surface area contributed by atoms with Crippen LogP contribution in [0.4, 0.5) is 5.69 Å². The minimum atomic E-state index is -3.85. The summed E-state index contributed by atoms with van der Waals surface area (Å²) in [6, 6.07) is 20.5. The number of hydrogen-bond acceptors (Lipinski definition) is 3. The van der Waals surface area contributed by atoms with Crippen LogP contribution in [-0.2, 0) is 10.0 Å². The summed E-state index contributed by atoms with van der Waals surface area (Å²) in [4.78, 5) is 13.0. The molecule has 0 amide bonds. The van der Waals surface area contributed by atoms with Gasteiger partial charge in [0, 0.05) is 16.5 Å². The first-order valence-electron chi connectivity index (χ1n) is 8.87. The smallest absolute Gasteiger partial charge is 0.264 e. The molecule has 0 bridgehead atoms. The summed E-state index contributed by atoms with van der Waals surface area (Å²) in [6.45, 7) is 1.91. The predicted molar refractivity (Wildman–Crippen MR) is 113 cm³/mol. The second-order valence-corrected chi connectivity index (χ2v) is 9.56. The van der Waals surface area contributed by atoms with E-state index in [2.05, 4.69) is 15.9 Å². The number of fused-ring (bicyclic) bond motifs is 1. The Kier molecular flexibility index (Phi) is 4.85. The van der Waals surface area contributed by atoms with Crippen LogP contribution in [0.3, 0.4) is 0 Å². The highest BCUT2D eigenvalue weighted by Gasteiger charge is 2.39. The van der Waals surface area contributed by atoms with E-state index in [1.54, 1.807) is 48.5 Å². The van der Waals surface area contributed by atoms with Crippen LogP contribution in [0.2, 0.25) is 0 Å². The number of hydrogen-bond donors (Lipinski definition) is 0. The number of benzene rings is 3. The minimum Gasteiger partial charge on any atom is -0.294 e. The number of anilines is 1. The lowest BCUT2D eigenvalue weighted by Gasteiger charge is -2.37. The number of ketones is 1. The second-order valence-electron chi connectivity index (χ2n) is 6.83. The van der Waals surface area contributed by atoms with Crippen LogP contribution in [-0.4, -0.2) is 14.2 Å². The molecule has 0 radical (unpaired) electrons. The number of para-hydroxylation sites is 1. The number of nitrogens with zero attached hydrogens (tertiary/aromatic N) is 1. The molecular weight excluding hydrogens is 438 g/mol. The van der Waals surface area contributed by atoms with Gasteiger partial charge in [-0.3, -0.25) is 9.10 Å². The highest BCUT2D eigenvalue weighted by atomic mass is 79.9. The van der Waals surface area contributed by atoms with E-state index in [9.17, 15) is 13.2 Å². The molecule has 142 valence electrons. The number of carbonyl (C=O) groups is 1. The molecule has 6 heteroatoms. The van der Waals surface area contributed by atoms with E-state index in [0.717, 1.165) is 15.6 Å². The fourth-order valence-corrected chi connectivity index (χ4v) is 5.42. The molecular formula is C22H18BrNO3S. The van der Waals surface area contributed by atoms with Gasteiger partial charge < -0.3 is 0 Å². The number of carbonyl (C=O) groups excluding carboxylic acids is 1. The molecule has 3 aromatic rings. The topological polar surface area (TPSA) is 54.5 Å². The molecule has 3 aromatic carbocycles. The molecule has 0 aromatic heterocycles. The zero-order chi connectivity index (χ0) is 19.9. The van der Waals surface area contributed by atoms with Gasteiger partial charge in [0.25, 0.3) is 10.0 Å². The lowest BCUT2D eigenvalue weighted by atomic mass is 9.92. The highest BCUT2D eigenvalue weighted by Crippen LogP contribution is 2.42. The van der Waals surface area contributed by atoms with Gasteiger partial charge in [0.15, 0.2) is 5.78 Å². The molecule has 0 fully saturated rings. The molecule has 0 saturated carbocycles. The molecule has 1 heterocycles. The monoisotopic (exact) mass is 455 g/mol. The summed E-state index contributed by atoms with van der Waals surface area (Å²) in [5.74, 6) is -0.0566. The second kappa shape index (κ2) is 7.18. The largest absolute Gasteiger partial charge is 0.294 e. The van der Waals surface area contributed by atoms with E-state index in [1.807, 2.05) is 31.2 Å². The third kappa shape index (κ3) is 3.27. The van der Waals surface area contributed by atoms with Crippen LogP contribution in [0.25, 0.3) is 0 Å². The lowest BCUT2D eigenvalue weighted by molar-refractivity contribution is 0.0969. The summed E-state index contributed by atoms with van der Waals surface area (Å²) < 4.78 is 29.5. The van der Waals surface area contributed by atoms with Crippen LogP contribution in [0.5, 0.6) is 0 Å². The quantitative estimate of drug-likeness (QED) is 0.539. The van der Waals surface area contributed by atoms with E-state index in [-0.39, 0.29) is 17.1 Å². The summed E-state index contributed by atoms with van der Waals surface area (Å²) >= 11 is 3.41. The van der Waals surface area contributed by atoms with Gasteiger partial charge in [-0.05, 0) is 48.9 Å². The maximum Gasteiger partial charge on any atom is 0.264 e. The summed E-state index contributed by atoms with van der Waals surface area (Å²) in [6.07, 6.45) is 0.101. The fourth-order valence-electron chi connectivity index (χ4n) is 3.50. The number of sulfonamides is 1. The summed E-state index contributed by atoms with van der Waals surface area (Å²) in [7, 11) is -3.85. The van der Waals surface area contributed by atoms with Gasteiger partial charge in [0.1, 0.15) is 0 Å². The summed E-state index contributed by atoms with van der Waals surface area (Å²) in [5, 5.41) is 0. The number of rotatable bonds is 3. The molecule has 0 saturated heterocycles. The normalized spacial score (nSPS) is 16.7. The van der Waals surface area contributed by atoms with Crippen molar-refractivity contribution in [2.75, 3.05) is 4.31 Å². The van der Waals surface area contributed by atoms with E-state index in [0.29, 0.717) is 11.3 Å². The third-order valence-corrected chi connectivity index (χ3v) is 7.30. The van der Waals surface area contributed by atoms with Gasteiger partial charge in [0.2, 0.25) is 0 Å². The first-order chi connectivity index (χ1) is 13.4. The maximum atomic E-state index is 13.6. The highest BCUT2D eigenvalue weighted by molar-refractivity contribution is 9.10. The predicted octanol–water partition coefficient (Wildman–Crippen LogP) is 5.28. The van der Waals surface area contributed by atoms with Gasteiger partial charge in [-0.2, -0.15) is 0 Å². The molecule has 0 aliphatic carbocycles. The number of halogens is 1. The molecule has 1 atom stereocenters. The van der Waals surface area contributed by atoms with E-state index >= 15 is 0 Å². The SMILES string of the molecule is Cc1ccc(S(=O)(=O)N2c3ccccc3C(=O)C[C@H]2c2ccc(Br)cc2)cc1. The van der Waals surface area contributed by atoms with Crippen molar-refractivity contribution in [3.8, 4) is 0 Å². The average molecular weight is 456 g/mol. The van der Waals surface area contributed by atoms with Crippen LogP contribution in [0.1, 0.15) is 33.9 Å². The fraction of sp³-hybridized carbons (Fsp3) is 0.136. The van der Waals surface area contributed by atoms with Crippen molar-refractivity contribution >= 4 is 37.4 Å². The zero-order valence-electron chi connectivity index (χ0n) is 15.2. The maximum absolute atomic E-state index is 13.6. The Labute approximate surface area is 173 Å². The van der Waals surface area contributed by atoms with Crippen molar-refractivity contribution in [1.29, 1.82) is 0 Å². The lowest BCUT2D eigenvalue weighted by Crippen LogP contribution is -2.40. The Bertz CT molecular complexity index is 1140. The Hall–Kier alpha value is -2.44. The van der Waals surface area contributed by atoms with Crippen molar-refractivity contribution in [1.82, 2.24) is 0 Å². The zero-order valence-corrected chi connectivity index (χ0v) is 17.6. The number of Topliss-reactive ketones (excluding diaryl/α,β-unsaturated/α-hetero) is 1. The molecule has 1 aliphatic heterocycles. The average Bonchev–Trinajstić information content (AvgIpc) is 2.68. The van der Waals surface area contributed by atoms with E-state index in [1.165, 1.54) is 4.31 Å². The van der Waals surface area contributed by atoms with Crippen LogP contribution in [0.15, 0.2) is 82.2 Å². The minimum absolute atomic E-state index is 0.0566. The Balaban J connectivity index is 1.92. The van der Waals surface area contributed by atoms with E-state index in [4.69, 9.17) is 0 Å². The number of aryl methyl sites for hydroxylation is 1. The Morgan fingerprint density at radius 2 is 1.57 bits per heavy atom. The van der Waals surface area contributed by atoms with Crippen LogP contribution >= 0.6 is 15.9 Å². The van der Waals surface area contributed by atoms with E-state index < -0.39 is 16.1 Å². The first-order valence-corrected chi connectivity index (χ1v) is 11.1. The van der Waals surface area contributed by atoms with Gasteiger partial charge in [-0.1, -0.05) is 57.9 Å². The summed E-state index contributed by atoms with van der Waals surface area (Å²) in [5.41, 5.74) is 2.62. The van der Waals surface area contributed by atoms with Crippen LogP contribution in [0, 0.1) is 6.92 Å². The molecule has 0 unspecified atom stereocenters. The van der Waals surface area contributed by atoms with Gasteiger partial charge in [-0.15, -0.1) is 0 Å². The molecule has 0 spiro atoms. The molecule has 1 aliphatic rings. The standard InChI is InChI=1S/C22H18BrNO3S/c1-15-6-12-18(13-7-15)28(26,27)24-20-5-3-2-4-19(20)22(25)14-21(24)16-8-10-17(23)11-9-16/h2-13,21H,14H2,1H3/t21-/m0/s1.